The number of rotatable bonds is 10. The maximum absolute atomic E-state index is 13.0. The lowest BCUT2D eigenvalue weighted by Gasteiger charge is -2.34. The van der Waals surface area contributed by atoms with Gasteiger partial charge in [-0.15, -0.1) is 0 Å². The minimum absolute atomic E-state index is 0.296. The highest BCUT2D eigenvalue weighted by Crippen LogP contribution is 2.47. The highest BCUT2D eigenvalue weighted by Gasteiger charge is 2.41. The van der Waals surface area contributed by atoms with Gasteiger partial charge in [0.25, 0.3) is 0 Å². The van der Waals surface area contributed by atoms with Crippen molar-refractivity contribution in [2.24, 2.45) is 0 Å². The van der Waals surface area contributed by atoms with Crippen molar-refractivity contribution in [3.05, 3.63) is 59.7 Å². The second-order valence-electron chi connectivity index (χ2n) is 9.94. The van der Waals surface area contributed by atoms with Gasteiger partial charge in [-0.2, -0.15) is 0 Å². The fraction of sp³-hybridized carbons (Fsp3) is 0.464. The molecule has 0 bridgehead atoms. The van der Waals surface area contributed by atoms with Crippen LogP contribution in [0.3, 0.4) is 0 Å². The van der Waals surface area contributed by atoms with Gasteiger partial charge in [0.15, 0.2) is 0 Å². The second kappa shape index (κ2) is 11.9. The smallest absolute Gasteiger partial charge is 0.411 e. The molecule has 2 N–H and O–H groups in total. The highest BCUT2D eigenvalue weighted by atomic mass is 16.6. The van der Waals surface area contributed by atoms with Crippen molar-refractivity contribution in [2.45, 2.75) is 70.6 Å². The van der Waals surface area contributed by atoms with E-state index in [9.17, 15) is 19.5 Å². The summed E-state index contributed by atoms with van der Waals surface area (Å²) < 4.78 is 10.3. The Kier molecular flexibility index (Phi) is 8.96. The molecular weight excluding hydrogens is 460 g/mol. The van der Waals surface area contributed by atoms with Crippen LogP contribution in [-0.4, -0.2) is 53.5 Å². The molecule has 0 fully saturated rings. The third-order valence-corrected chi connectivity index (χ3v) is 6.16. The average Bonchev–Trinajstić information content (AvgIpc) is 3.15. The minimum Gasteiger partial charge on any atom is -0.480 e. The molecule has 194 valence electrons. The Morgan fingerprint density at radius 2 is 1.50 bits per heavy atom. The zero-order valence-electron chi connectivity index (χ0n) is 21.5. The van der Waals surface area contributed by atoms with Crippen molar-refractivity contribution < 1.29 is 29.0 Å². The number of carbonyl (C=O) groups excluding carboxylic acids is 2. The number of carbonyl (C=O) groups is 3. The number of fused-ring (bicyclic) bond motifs is 3. The molecule has 0 saturated carbocycles. The Morgan fingerprint density at radius 1 is 0.944 bits per heavy atom. The molecule has 0 saturated heterocycles. The van der Waals surface area contributed by atoms with E-state index in [1.807, 2.05) is 69.3 Å². The number of carboxylic acids is 1. The van der Waals surface area contributed by atoms with E-state index in [-0.39, 0.29) is 0 Å². The summed E-state index contributed by atoms with van der Waals surface area (Å²) in [7, 11) is 1.28. The van der Waals surface area contributed by atoms with Crippen molar-refractivity contribution in [3.63, 3.8) is 0 Å². The topological polar surface area (TPSA) is 105 Å². The van der Waals surface area contributed by atoms with E-state index < -0.39 is 35.8 Å². The van der Waals surface area contributed by atoms with Crippen LogP contribution in [0, 0.1) is 0 Å². The van der Waals surface area contributed by atoms with Crippen LogP contribution in [0.25, 0.3) is 11.1 Å². The number of hydrogen-bond acceptors (Lipinski definition) is 5. The first kappa shape index (κ1) is 27.0. The van der Waals surface area contributed by atoms with Crippen LogP contribution < -0.4 is 5.32 Å². The summed E-state index contributed by atoms with van der Waals surface area (Å²) in [6, 6.07) is 13.9. The lowest BCUT2D eigenvalue weighted by molar-refractivity contribution is -0.143. The largest absolute Gasteiger partial charge is 0.480 e. The molecule has 2 aromatic carbocycles. The van der Waals surface area contributed by atoms with Crippen LogP contribution >= 0.6 is 0 Å². The Morgan fingerprint density at radius 3 is 2.03 bits per heavy atom. The fourth-order valence-corrected chi connectivity index (χ4v) is 4.65. The molecule has 0 aliphatic heterocycles. The molecule has 8 nitrogen and oxygen atoms in total. The summed E-state index contributed by atoms with van der Waals surface area (Å²) in [5, 5.41) is 12.9. The number of nitrogens with zero attached hydrogens (tertiary/aromatic N) is 1. The minimum atomic E-state index is -1.06. The Labute approximate surface area is 212 Å². The van der Waals surface area contributed by atoms with E-state index in [0.717, 1.165) is 41.5 Å². The number of carboxylic acid groups (broad SMARTS) is 1. The quantitative estimate of drug-likeness (QED) is 0.406. The molecule has 0 aromatic heterocycles. The third kappa shape index (κ3) is 6.56. The van der Waals surface area contributed by atoms with Gasteiger partial charge < -0.3 is 19.9 Å². The van der Waals surface area contributed by atoms with Crippen LogP contribution in [-0.2, 0) is 14.3 Å². The fourth-order valence-electron chi connectivity index (χ4n) is 4.65. The lowest BCUT2D eigenvalue weighted by Crippen LogP contribution is -2.47. The Balaban J connectivity index is 1.66. The van der Waals surface area contributed by atoms with Gasteiger partial charge >= 0.3 is 18.2 Å². The SMILES string of the molecule is COC(=O)N(C1c2ccccc2-c2ccccc21)[C@@H](CCCCCCNC(=O)OC(C)(C)C)C(=O)O. The average molecular weight is 497 g/mol. The zero-order valence-corrected chi connectivity index (χ0v) is 21.5. The molecule has 36 heavy (non-hydrogen) atoms. The molecule has 3 rings (SSSR count). The van der Waals surface area contributed by atoms with Crippen LogP contribution in [0.15, 0.2) is 48.5 Å². The Hall–Kier alpha value is -3.55. The van der Waals surface area contributed by atoms with Gasteiger partial charge in [0.1, 0.15) is 11.6 Å². The van der Waals surface area contributed by atoms with Gasteiger partial charge in [-0.05, 0) is 55.9 Å². The van der Waals surface area contributed by atoms with Gasteiger partial charge in [0.2, 0.25) is 0 Å². The normalized spacial score (nSPS) is 13.3. The van der Waals surface area contributed by atoms with Gasteiger partial charge in [0.05, 0.1) is 13.2 Å². The molecule has 0 spiro atoms. The molecule has 2 aromatic rings. The molecular formula is C28H36N2O6. The zero-order chi connectivity index (χ0) is 26.3. The van der Waals surface area contributed by atoms with Crippen LogP contribution in [0.1, 0.15) is 70.0 Å². The maximum Gasteiger partial charge on any atom is 0.411 e. The monoisotopic (exact) mass is 496 g/mol. The highest BCUT2D eigenvalue weighted by molar-refractivity contribution is 5.85. The van der Waals surface area contributed by atoms with Crippen LogP contribution in [0.4, 0.5) is 9.59 Å². The van der Waals surface area contributed by atoms with E-state index >= 15 is 0 Å². The van der Waals surface area contributed by atoms with Crippen molar-refractivity contribution in [3.8, 4) is 11.1 Å². The number of nitrogens with one attached hydrogen (secondary N) is 1. The number of benzene rings is 2. The van der Waals surface area contributed by atoms with Crippen LogP contribution in [0.5, 0.6) is 0 Å². The molecule has 0 unspecified atom stereocenters. The van der Waals surface area contributed by atoms with E-state index in [2.05, 4.69) is 5.32 Å². The molecule has 2 amide bonds. The summed E-state index contributed by atoms with van der Waals surface area (Å²) in [6.07, 6.45) is 2.14. The van der Waals surface area contributed by atoms with E-state index in [0.29, 0.717) is 19.4 Å². The number of aliphatic carboxylic acids is 1. The standard InChI is InChI=1S/C28H36N2O6/c1-28(2,3)36-26(33)29-18-12-6-5-7-17-23(25(31)32)30(27(34)35-4)24-21-15-10-8-13-19(21)20-14-9-11-16-22(20)24/h8-11,13-16,23-24H,5-7,12,17-18H2,1-4H3,(H,29,33)(H,31,32)/t23-/m0/s1. The van der Waals surface area contributed by atoms with E-state index in [1.54, 1.807) is 0 Å². The van der Waals surface area contributed by atoms with Crippen molar-refractivity contribution in [1.82, 2.24) is 10.2 Å². The summed E-state index contributed by atoms with van der Waals surface area (Å²) >= 11 is 0. The number of methoxy groups -OCH3 is 1. The van der Waals surface area contributed by atoms with E-state index in [4.69, 9.17) is 9.47 Å². The number of unbranched alkanes of at least 4 members (excludes halogenated alkanes) is 3. The first-order chi connectivity index (χ1) is 17.1. The van der Waals surface area contributed by atoms with Gasteiger partial charge in [0, 0.05) is 6.54 Å². The summed E-state index contributed by atoms with van der Waals surface area (Å²) in [5.74, 6) is -1.06. The number of ether oxygens (including phenoxy) is 2. The van der Waals surface area contributed by atoms with Crippen molar-refractivity contribution in [1.29, 1.82) is 0 Å². The maximum atomic E-state index is 13.0. The third-order valence-electron chi connectivity index (χ3n) is 6.16. The molecule has 0 heterocycles. The molecule has 1 aliphatic carbocycles. The first-order valence-electron chi connectivity index (χ1n) is 12.4. The lowest BCUT2D eigenvalue weighted by atomic mass is 9.99. The van der Waals surface area contributed by atoms with Crippen LogP contribution in [0.2, 0.25) is 0 Å². The summed E-state index contributed by atoms with van der Waals surface area (Å²) in [4.78, 5) is 38.5. The van der Waals surface area contributed by atoms with Crippen molar-refractivity contribution >= 4 is 18.2 Å². The second-order valence-corrected chi connectivity index (χ2v) is 9.94. The Bertz CT molecular complexity index is 1030. The summed E-state index contributed by atoms with van der Waals surface area (Å²) in [5.41, 5.74) is 3.23. The number of amides is 2. The predicted octanol–water partition coefficient (Wildman–Crippen LogP) is 5.75. The molecule has 1 atom stereocenters. The molecule has 0 radical (unpaired) electrons. The van der Waals surface area contributed by atoms with Gasteiger partial charge in [-0.25, -0.2) is 14.4 Å². The first-order valence-corrected chi connectivity index (χ1v) is 12.4. The van der Waals surface area contributed by atoms with Gasteiger partial charge in [-0.3, -0.25) is 4.90 Å². The number of alkyl carbamates (subject to hydrolysis) is 1. The van der Waals surface area contributed by atoms with E-state index in [1.165, 1.54) is 12.0 Å². The molecule has 1 aliphatic rings. The van der Waals surface area contributed by atoms with Crippen molar-refractivity contribution in [2.75, 3.05) is 13.7 Å². The number of hydrogen-bond donors (Lipinski definition) is 2. The van der Waals surface area contributed by atoms with Gasteiger partial charge in [-0.1, -0.05) is 67.8 Å². The summed E-state index contributed by atoms with van der Waals surface area (Å²) in [6.45, 7) is 5.92. The molecule has 8 heteroatoms. The predicted molar refractivity (Wildman–Crippen MR) is 137 cm³/mol.